The van der Waals surface area contributed by atoms with Gasteiger partial charge in [-0.2, -0.15) is 23.5 Å². The van der Waals surface area contributed by atoms with Crippen molar-refractivity contribution in [2.24, 2.45) is 5.73 Å². The van der Waals surface area contributed by atoms with Crippen LogP contribution in [0.4, 0.5) is 24.8 Å². The average Bonchev–Trinajstić information content (AvgIpc) is 2.85. The minimum Gasteiger partial charge on any atom is -0.351 e. The van der Waals surface area contributed by atoms with Crippen LogP contribution in [-0.2, 0) is 0 Å². The molecule has 3 aliphatic heterocycles. The highest BCUT2D eigenvalue weighted by atomic mass is 19.4. The highest BCUT2D eigenvalue weighted by Crippen LogP contribution is 2.36. The number of nitrogens with one attached hydrogen (secondary N) is 1. The molecule has 0 saturated carbocycles. The number of nitriles is 1. The number of nitrogens with two attached hydrogens (primary N) is 1. The van der Waals surface area contributed by atoms with E-state index in [4.69, 9.17) is 5.73 Å². The summed E-state index contributed by atoms with van der Waals surface area (Å²) < 4.78 is 39.1. The molecule has 0 spiro atoms. The van der Waals surface area contributed by atoms with Crippen LogP contribution in [0.15, 0.2) is 30.5 Å². The summed E-state index contributed by atoms with van der Waals surface area (Å²) in [4.78, 5) is 8.31. The van der Waals surface area contributed by atoms with Crippen molar-refractivity contribution in [3.63, 3.8) is 0 Å². The van der Waals surface area contributed by atoms with Crippen molar-refractivity contribution >= 4 is 22.4 Å². The van der Waals surface area contributed by atoms with Crippen LogP contribution in [0.5, 0.6) is 0 Å². The molecule has 1 aromatic carbocycles. The van der Waals surface area contributed by atoms with Gasteiger partial charge in [0.1, 0.15) is 12.0 Å². The normalized spacial score (nSPS) is 21.0. The average molecular weight is 497 g/mol. The maximum atomic E-state index is 13.0. The number of pyridine rings is 1. The molecule has 2 aromatic heterocycles. The number of fused-ring (bicyclic) bond motifs is 4. The zero-order chi connectivity index (χ0) is 25.6. The number of benzene rings is 1. The second-order valence-corrected chi connectivity index (χ2v) is 9.56. The molecule has 3 N–H and O–H groups in total. The first kappa shape index (κ1) is 24.2. The quantitative estimate of drug-likeness (QED) is 0.514. The Morgan fingerprint density at radius 1 is 1.17 bits per heavy atom. The third-order valence-electron chi connectivity index (χ3n) is 7.28. The van der Waals surface area contributed by atoms with Crippen molar-refractivity contribution in [2.45, 2.75) is 51.1 Å². The Balaban J connectivity index is 1.44. The second kappa shape index (κ2) is 9.19. The molecule has 188 valence electrons. The van der Waals surface area contributed by atoms with E-state index >= 15 is 0 Å². The Morgan fingerprint density at radius 2 is 1.94 bits per heavy atom. The first-order chi connectivity index (χ1) is 17.1. The van der Waals surface area contributed by atoms with E-state index in [1.165, 1.54) is 0 Å². The highest BCUT2D eigenvalue weighted by molar-refractivity contribution is 5.94. The maximum Gasteiger partial charge on any atom is 0.401 e. The first-order valence-electron chi connectivity index (χ1n) is 11.9. The molecule has 3 fully saturated rings. The number of piperazine rings is 1. The van der Waals surface area contributed by atoms with Crippen molar-refractivity contribution in [2.75, 3.05) is 29.9 Å². The highest BCUT2D eigenvalue weighted by Gasteiger charge is 2.43. The third-order valence-corrected chi connectivity index (χ3v) is 7.28. The fourth-order valence-corrected chi connectivity index (χ4v) is 5.38. The van der Waals surface area contributed by atoms with E-state index < -0.39 is 18.9 Å². The number of alkyl halides is 3. The summed E-state index contributed by atoms with van der Waals surface area (Å²) in [5.41, 5.74) is 9.29. The zero-order valence-electron chi connectivity index (χ0n) is 20.0. The van der Waals surface area contributed by atoms with Gasteiger partial charge >= 0.3 is 6.18 Å². The van der Waals surface area contributed by atoms with Crippen molar-refractivity contribution in [3.8, 4) is 6.07 Å². The number of aryl methyl sites for hydroxylation is 1. The van der Waals surface area contributed by atoms with Crippen molar-refractivity contribution in [1.29, 1.82) is 5.26 Å². The number of rotatable bonds is 5. The molecule has 0 aliphatic carbocycles. The molecule has 5 heterocycles. The van der Waals surface area contributed by atoms with E-state index in [2.05, 4.69) is 31.5 Å². The SMILES string of the molecule is Cc1c(C#N)cccc1[C@@H](N)Nc1nnc(C)c2cnc(N3C[C@H]4CC[C@@H]3CN4CC(F)(F)F)cc12. The fraction of sp³-hybridized carbons (Fsp3) is 0.440. The summed E-state index contributed by atoms with van der Waals surface area (Å²) in [6, 6.07) is 9.29. The van der Waals surface area contributed by atoms with Crippen LogP contribution < -0.4 is 16.0 Å². The zero-order valence-corrected chi connectivity index (χ0v) is 20.0. The molecule has 3 aromatic rings. The summed E-state index contributed by atoms with van der Waals surface area (Å²) in [7, 11) is 0. The Labute approximate surface area is 206 Å². The summed E-state index contributed by atoms with van der Waals surface area (Å²) in [6.45, 7) is 3.68. The van der Waals surface area contributed by atoms with E-state index in [0.717, 1.165) is 34.7 Å². The summed E-state index contributed by atoms with van der Waals surface area (Å²) in [5.74, 6) is 1.19. The van der Waals surface area contributed by atoms with E-state index in [1.54, 1.807) is 23.2 Å². The first-order valence-corrected chi connectivity index (χ1v) is 11.9. The minimum absolute atomic E-state index is 0.0340. The second-order valence-electron chi connectivity index (χ2n) is 9.56. The summed E-state index contributed by atoms with van der Waals surface area (Å²) >= 11 is 0. The van der Waals surface area contributed by atoms with Gasteiger partial charge in [-0.1, -0.05) is 12.1 Å². The predicted molar refractivity (Wildman–Crippen MR) is 130 cm³/mol. The lowest BCUT2D eigenvalue weighted by Crippen LogP contribution is -2.64. The molecule has 0 radical (unpaired) electrons. The third kappa shape index (κ3) is 4.54. The minimum atomic E-state index is -4.20. The van der Waals surface area contributed by atoms with Gasteiger partial charge in [0, 0.05) is 42.1 Å². The number of hydrogen-bond acceptors (Lipinski definition) is 8. The van der Waals surface area contributed by atoms with Crippen LogP contribution in [0.25, 0.3) is 10.8 Å². The Morgan fingerprint density at radius 3 is 2.64 bits per heavy atom. The van der Waals surface area contributed by atoms with Gasteiger partial charge in [0.05, 0.1) is 23.9 Å². The van der Waals surface area contributed by atoms with Crippen molar-refractivity contribution in [3.05, 3.63) is 52.8 Å². The molecule has 11 heteroatoms. The van der Waals surface area contributed by atoms with Gasteiger partial charge in [-0.3, -0.25) is 4.90 Å². The fourth-order valence-electron chi connectivity index (χ4n) is 5.38. The lowest BCUT2D eigenvalue weighted by molar-refractivity contribution is -0.156. The van der Waals surface area contributed by atoms with Gasteiger partial charge in [-0.05, 0) is 49.9 Å². The van der Waals surface area contributed by atoms with Crippen LogP contribution in [0.1, 0.15) is 41.4 Å². The van der Waals surface area contributed by atoms with Gasteiger partial charge in [-0.15, -0.1) is 5.10 Å². The smallest absolute Gasteiger partial charge is 0.351 e. The summed E-state index contributed by atoms with van der Waals surface area (Å²) in [5, 5.41) is 22.8. The van der Waals surface area contributed by atoms with Crippen LogP contribution in [-0.4, -0.2) is 58.0 Å². The summed E-state index contributed by atoms with van der Waals surface area (Å²) in [6.07, 6.45) is -1.51. The maximum absolute atomic E-state index is 13.0. The number of nitrogens with zero attached hydrogens (tertiary/aromatic N) is 6. The van der Waals surface area contributed by atoms with Gasteiger partial charge in [-0.25, -0.2) is 4.98 Å². The molecule has 2 bridgehead atoms. The van der Waals surface area contributed by atoms with Crippen LogP contribution >= 0.6 is 0 Å². The molecule has 8 nitrogen and oxygen atoms in total. The van der Waals surface area contributed by atoms with Gasteiger partial charge in [0.25, 0.3) is 0 Å². The van der Waals surface area contributed by atoms with E-state index in [9.17, 15) is 18.4 Å². The van der Waals surface area contributed by atoms with E-state index in [0.29, 0.717) is 36.0 Å². The lowest BCUT2D eigenvalue weighted by atomic mass is 9.90. The largest absolute Gasteiger partial charge is 0.401 e. The van der Waals surface area contributed by atoms with Gasteiger partial charge in [0.2, 0.25) is 0 Å². The number of piperidine rings is 2. The number of anilines is 2. The number of aromatic nitrogens is 3. The standard InChI is InChI=1S/C25H27F3N8/c1-14-16(9-29)4-3-5-19(14)23(30)32-24-20-8-22(31-10-21(20)15(2)33-34-24)36-12-17-6-7-18(36)11-35(17)13-25(26,27)28/h3-5,8,10,17-18,23H,6-7,11-13,30H2,1-2H3,(H,32,34)/t17-,18-,23+/m1/s1. The topological polar surface area (TPSA) is 107 Å². The monoisotopic (exact) mass is 496 g/mol. The number of hydrogen-bond donors (Lipinski definition) is 2. The van der Waals surface area contributed by atoms with E-state index in [1.807, 2.05) is 26.0 Å². The Hall–Kier alpha value is -3.49. The van der Waals surface area contributed by atoms with Crippen LogP contribution in [0, 0.1) is 25.2 Å². The number of halogens is 3. The van der Waals surface area contributed by atoms with Gasteiger partial charge < -0.3 is 16.0 Å². The lowest BCUT2D eigenvalue weighted by Gasteiger charge is -2.52. The molecule has 3 saturated heterocycles. The van der Waals surface area contributed by atoms with Gasteiger partial charge in [0.15, 0.2) is 5.82 Å². The van der Waals surface area contributed by atoms with Crippen molar-refractivity contribution in [1.82, 2.24) is 20.1 Å². The molecule has 3 atom stereocenters. The van der Waals surface area contributed by atoms with E-state index in [-0.39, 0.29) is 12.1 Å². The molecular formula is C25H27F3N8. The molecular weight excluding hydrogens is 469 g/mol. The van der Waals surface area contributed by atoms with Crippen LogP contribution in [0.3, 0.4) is 0 Å². The Bertz CT molecular complexity index is 1340. The molecule has 6 rings (SSSR count). The molecule has 0 unspecified atom stereocenters. The predicted octanol–water partition coefficient (Wildman–Crippen LogP) is 3.80. The van der Waals surface area contributed by atoms with Crippen molar-refractivity contribution < 1.29 is 13.2 Å². The molecule has 3 aliphatic rings. The Kier molecular flexibility index (Phi) is 6.18. The van der Waals surface area contributed by atoms with Crippen LogP contribution in [0.2, 0.25) is 0 Å². The molecule has 0 amide bonds. The molecule has 36 heavy (non-hydrogen) atoms.